The highest BCUT2D eigenvalue weighted by Crippen LogP contribution is 2.16. The lowest BCUT2D eigenvalue weighted by atomic mass is 10.1. The maximum atomic E-state index is 12.1. The Hall–Kier alpha value is -0.710. The lowest BCUT2D eigenvalue weighted by molar-refractivity contribution is -0.188. The predicted octanol–water partition coefficient (Wildman–Crippen LogP) is 2.22. The molecule has 5 heteroatoms. The molecule has 1 heterocycles. The van der Waals surface area contributed by atoms with E-state index in [2.05, 4.69) is 0 Å². The Balaban J connectivity index is 2.42. The minimum Gasteiger partial charge on any atom is -0.272 e. The highest BCUT2D eigenvalue weighted by Gasteiger charge is 2.24. The molecule has 0 aromatic heterocycles. The maximum absolute atomic E-state index is 12.1. The van der Waals surface area contributed by atoms with Gasteiger partial charge in [-0.05, 0) is 19.3 Å². The summed E-state index contributed by atoms with van der Waals surface area (Å²) in [6.45, 7) is 2.54. The average molecular weight is 221 g/mol. The summed E-state index contributed by atoms with van der Waals surface area (Å²) in [6, 6.07) is 0. The summed E-state index contributed by atoms with van der Waals surface area (Å²) in [4.78, 5) is 16.9. The fourth-order valence-electron chi connectivity index (χ4n) is 1.56. The van der Waals surface area contributed by atoms with Gasteiger partial charge in [0.15, 0.2) is 0 Å². The number of alkyl halides is 2. The van der Waals surface area contributed by atoms with Gasteiger partial charge in [-0.3, -0.25) is 9.63 Å². The Kier molecular flexibility index (Phi) is 4.94. The van der Waals surface area contributed by atoms with Crippen molar-refractivity contribution in [1.29, 1.82) is 0 Å². The lowest BCUT2D eigenvalue weighted by Gasteiger charge is -2.22. The molecule has 0 saturated carbocycles. The molecule has 0 radical (unpaired) electrons. The molecule has 0 N–H and O–H groups in total. The van der Waals surface area contributed by atoms with Crippen LogP contribution in [-0.2, 0) is 9.63 Å². The Morgan fingerprint density at radius 3 is 2.80 bits per heavy atom. The van der Waals surface area contributed by atoms with Crippen molar-refractivity contribution in [3.8, 4) is 0 Å². The van der Waals surface area contributed by atoms with E-state index in [4.69, 9.17) is 4.84 Å². The van der Waals surface area contributed by atoms with Crippen LogP contribution in [-0.4, -0.2) is 30.5 Å². The van der Waals surface area contributed by atoms with E-state index in [0.717, 1.165) is 19.3 Å². The molecule has 0 spiro atoms. The third-order valence-electron chi connectivity index (χ3n) is 2.45. The predicted molar refractivity (Wildman–Crippen MR) is 51.3 cm³/mol. The molecular formula is C10H17F2NO2. The van der Waals surface area contributed by atoms with E-state index in [1.807, 2.05) is 0 Å². The van der Waals surface area contributed by atoms with Gasteiger partial charge in [0, 0.05) is 18.9 Å². The first-order chi connectivity index (χ1) is 7.11. The second-order valence-corrected chi connectivity index (χ2v) is 3.86. The van der Waals surface area contributed by atoms with Crippen LogP contribution in [0, 0.1) is 5.92 Å². The van der Waals surface area contributed by atoms with Gasteiger partial charge < -0.3 is 0 Å². The van der Waals surface area contributed by atoms with Gasteiger partial charge in [0.25, 0.3) is 0 Å². The number of hydrogen-bond acceptors (Lipinski definition) is 2. The number of amides is 1. The monoisotopic (exact) mass is 221 g/mol. The van der Waals surface area contributed by atoms with Gasteiger partial charge in [-0.25, -0.2) is 13.8 Å². The first kappa shape index (κ1) is 12.4. The Morgan fingerprint density at radius 1 is 1.40 bits per heavy atom. The van der Waals surface area contributed by atoms with Crippen molar-refractivity contribution in [3.63, 3.8) is 0 Å². The van der Waals surface area contributed by atoms with Crippen LogP contribution in [0.2, 0.25) is 0 Å². The number of carbonyl (C=O) groups is 1. The molecule has 0 aliphatic carbocycles. The van der Waals surface area contributed by atoms with Gasteiger partial charge in [-0.1, -0.05) is 6.92 Å². The normalized spacial score (nSPS) is 20.1. The number of carbonyl (C=O) groups excluding carboxylic acids is 1. The SMILES string of the molecule is CC(CC(F)F)C(=O)N1CCCCCO1. The topological polar surface area (TPSA) is 29.5 Å². The Bertz CT molecular complexity index is 204. The molecular weight excluding hydrogens is 204 g/mol. The van der Waals surface area contributed by atoms with Gasteiger partial charge >= 0.3 is 0 Å². The first-order valence-corrected chi connectivity index (χ1v) is 5.33. The molecule has 1 rings (SSSR count). The van der Waals surface area contributed by atoms with Crippen molar-refractivity contribution >= 4 is 5.91 Å². The van der Waals surface area contributed by atoms with E-state index in [1.165, 1.54) is 12.0 Å². The molecule has 1 atom stereocenters. The zero-order valence-corrected chi connectivity index (χ0v) is 8.92. The lowest BCUT2D eigenvalue weighted by Crippen LogP contribution is -2.36. The van der Waals surface area contributed by atoms with E-state index < -0.39 is 18.8 Å². The van der Waals surface area contributed by atoms with Crippen LogP contribution in [0.5, 0.6) is 0 Å². The van der Waals surface area contributed by atoms with Gasteiger partial charge in [0.1, 0.15) is 0 Å². The summed E-state index contributed by atoms with van der Waals surface area (Å²) >= 11 is 0. The van der Waals surface area contributed by atoms with Crippen LogP contribution in [0.4, 0.5) is 8.78 Å². The van der Waals surface area contributed by atoms with Crippen molar-refractivity contribution in [2.24, 2.45) is 5.92 Å². The number of hydroxylamine groups is 2. The molecule has 1 fully saturated rings. The quantitative estimate of drug-likeness (QED) is 0.731. The van der Waals surface area contributed by atoms with Crippen LogP contribution < -0.4 is 0 Å². The standard InChI is InChI=1S/C10H17F2NO2/c1-8(7-9(11)12)10(14)13-5-3-2-4-6-15-13/h8-9H,2-7H2,1H3. The third-order valence-corrected chi connectivity index (χ3v) is 2.45. The number of nitrogens with zero attached hydrogens (tertiary/aromatic N) is 1. The van der Waals surface area contributed by atoms with E-state index in [9.17, 15) is 13.6 Å². The second-order valence-electron chi connectivity index (χ2n) is 3.86. The molecule has 1 amide bonds. The summed E-state index contributed by atoms with van der Waals surface area (Å²) in [5.74, 6) is -0.986. The van der Waals surface area contributed by atoms with E-state index in [1.54, 1.807) is 0 Å². The summed E-state index contributed by atoms with van der Waals surface area (Å²) in [7, 11) is 0. The van der Waals surface area contributed by atoms with E-state index in [0.29, 0.717) is 13.2 Å². The minimum atomic E-state index is -2.43. The number of halogens is 2. The number of hydrogen-bond donors (Lipinski definition) is 0. The van der Waals surface area contributed by atoms with Crippen LogP contribution in [0.1, 0.15) is 32.6 Å². The van der Waals surface area contributed by atoms with Crippen LogP contribution >= 0.6 is 0 Å². The summed E-state index contributed by atoms with van der Waals surface area (Å²) in [5, 5.41) is 1.25. The molecule has 1 unspecified atom stereocenters. The molecule has 1 saturated heterocycles. The second kappa shape index (κ2) is 6.00. The minimum absolute atomic E-state index is 0.322. The molecule has 0 aromatic carbocycles. The van der Waals surface area contributed by atoms with E-state index in [-0.39, 0.29) is 5.91 Å². The molecule has 88 valence electrons. The number of rotatable bonds is 3. The fraction of sp³-hybridized carbons (Fsp3) is 0.900. The summed E-state index contributed by atoms with van der Waals surface area (Å²) in [5.41, 5.74) is 0. The molecule has 0 aromatic rings. The average Bonchev–Trinajstić information content (AvgIpc) is 2.43. The van der Waals surface area contributed by atoms with Crippen LogP contribution in [0.25, 0.3) is 0 Å². The third kappa shape index (κ3) is 4.11. The van der Waals surface area contributed by atoms with Crippen molar-refractivity contribution in [2.75, 3.05) is 13.2 Å². The van der Waals surface area contributed by atoms with Crippen LogP contribution in [0.15, 0.2) is 0 Å². The maximum Gasteiger partial charge on any atom is 0.249 e. The van der Waals surface area contributed by atoms with Crippen molar-refractivity contribution < 1.29 is 18.4 Å². The molecule has 1 aliphatic heterocycles. The van der Waals surface area contributed by atoms with Gasteiger partial charge in [0.05, 0.1) is 6.61 Å². The van der Waals surface area contributed by atoms with Crippen molar-refractivity contribution in [1.82, 2.24) is 5.06 Å². The zero-order valence-electron chi connectivity index (χ0n) is 8.92. The Labute approximate surface area is 88.3 Å². The summed E-state index contributed by atoms with van der Waals surface area (Å²) < 4.78 is 24.2. The van der Waals surface area contributed by atoms with Crippen molar-refractivity contribution in [3.05, 3.63) is 0 Å². The molecule has 0 bridgehead atoms. The molecule has 15 heavy (non-hydrogen) atoms. The summed E-state index contributed by atoms with van der Waals surface area (Å²) in [6.07, 6.45) is 0.00203. The Morgan fingerprint density at radius 2 is 2.13 bits per heavy atom. The van der Waals surface area contributed by atoms with Gasteiger partial charge in [0.2, 0.25) is 12.3 Å². The molecule has 3 nitrogen and oxygen atoms in total. The molecule has 1 aliphatic rings. The zero-order chi connectivity index (χ0) is 11.3. The van der Waals surface area contributed by atoms with E-state index >= 15 is 0 Å². The smallest absolute Gasteiger partial charge is 0.249 e. The fourth-order valence-corrected chi connectivity index (χ4v) is 1.56. The van der Waals surface area contributed by atoms with Gasteiger partial charge in [-0.2, -0.15) is 0 Å². The van der Waals surface area contributed by atoms with Crippen LogP contribution in [0.3, 0.4) is 0 Å². The highest BCUT2D eigenvalue weighted by atomic mass is 19.3. The largest absolute Gasteiger partial charge is 0.272 e. The highest BCUT2D eigenvalue weighted by molar-refractivity contribution is 5.77. The van der Waals surface area contributed by atoms with Gasteiger partial charge in [-0.15, -0.1) is 0 Å². The first-order valence-electron chi connectivity index (χ1n) is 5.33. The van der Waals surface area contributed by atoms with Crippen molar-refractivity contribution in [2.45, 2.75) is 39.0 Å².